The van der Waals surface area contributed by atoms with Gasteiger partial charge in [-0.25, -0.2) is 4.98 Å². The highest BCUT2D eigenvalue weighted by molar-refractivity contribution is 6.35. The summed E-state index contributed by atoms with van der Waals surface area (Å²) < 4.78 is 2.06. The second-order valence-electron chi connectivity index (χ2n) is 4.89. The maximum Gasteiger partial charge on any atom is 0.129 e. The van der Waals surface area contributed by atoms with Crippen LogP contribution in [0.5, 0.6) is 0 Å². The minimum Gasteiger partial charge on any atom is -0.294 e. The quantitative estimate of drug-likeness (QED) is 0.607. The summed E-state index contributed by atoms with van der Waals surface area (Å²) in [7, 11) is 0. The van der Waals surface area contributed by atoms with Crippen molar-refractivity contribution in [3.63, 3.8) is 0 Å². The van der Waals surface area contributed by atoms with Crippen LogP contribution in [-0.2, 0) is 5.88 Å². The number of imidazole rings is 1. The fraction of sp³-hybridized carbons (Fsp3) is 0.188. The van der Waals surface area contributed by atoms with Crippen LogP contribution in [0.1, 0.15) is 17.0 Å². The summed E-state index contributed by atoms with van der Waals surface area (Å²) in [5.74, 6) is 1.15. The summed E-state index contributed by atoms with van der Waals surface area (Å²) in [6.45, 7) is 4.17. The Morgan fingerprint density at radius 1 is 1.15 bits per heavy atom. The molecule has 20 heavy (non-hydrogen) atoms. The van der Waals surface area contributed by atoms with E-state index in [1.807, 2.05) is 18.2 Å². The minimum absolute atomic E-state index is 0.346. The van der Waals surface area contributed by atoms with E-state index in [1.54, 1.807) is 0 Å². The lowest BCUT2D eigenvalue weighted by molar-refractivity contribution is 0.971. The molecule has 1 aromatic heterocycles. The summed E-state index contributed by atoms with van der Waals surface area (Å²) >= 11 is 12.4. The highest BCUT2D eigenvalue weighted by Gasteiger charge is 2.15. The first-order chi connectivity index (χ1) is 9.61. The van der Waals surface area contributed by atoms with E-state index in [4.69, 9.17) is 23.2 Å². The number of rotatable bonds is 2. The lowest BCUT2D eigenvalue weighted by Gasteiger charge is -2.12. The zero-order valence-corrected chi connectivity index (χ0v) is 12.8. The van der Waals surface area contributed by atoms with Crippen LogP contribution < -0.4 is 0 Å². The van der Waals surface area contributed by atoms with Gasteiger partial charge in [0, 0.05) is 0 Å². The zero-order chi connectivity index (χ0) is 14.3. The third kappa shape index (κ3) is 2.09. The van der Waals surface area contributed by atoms with Crippen molar-refractivity contribution >= 4 is 34.2 Å². The van der Waals surface area contributed by atoms with Crippen LogP contribution in [0, 0.1) is 13.8 Å². The van der Waals surface area contributed by atoms with Crippen LogP contribution in [0.3, 0.4) is 0 Å². The number of aromatic nitrogens is 2. The molecule has 0 unspecified atom stereocenters. The number of fused-ring (bicyclic) bond motifs is 1. The summed E-state index contributed by atoms with van der Waals surface area (Å²) in [4.78, 5) is 4.58. The number of nitrogens with zero attached hydrogens (tertiary/aromatic N) is 2. The van der Waals surface area contributed by atoms with Crippen molar-refractivity contribution in [2.45, 2.75) is 19.7 Å². The van der Waals surface area contributed by atoms with Gasteiger partial charge in [0.05, 0.1) is 27.6 Å². The average Bonchev–Trinajstić information content (AvgIpc) is 2.79. The molecule has 0 spiro atoms. The van der Waals surface area contributed by atoms with Gasteiger partial charge in [0.1, 0.15) is 5.82 Å². The molecule has 0 radical (unpaired) electrons. The van der Waals surface area contributed by atoms with Gasteiger partial charge in [0.2, 0.25) is 0 Å². The highest BCUT2D eigenvalue weighted by Crippen LogP contribution is 2.30. The van der Waals surface area contributed by atoms with Crippen molar-refractivity contribution in [3.05, 3.63) is 58.4 Å². The first-order valence-electron chi connectivity index (χ1n) is 6.41. The fourth-order valence-corrected chi connectivity index (χ4v) is 2.97. The Balaban J connectivity index is 2.39. The van der Waals surface area contributed by atoms with Gasteiger partial charge in [-0.05, 0) is 37.6 Å². The largest absolute Gasteiger partial charge is 0.294 e. The number of alkyl halides is 1. The van der Waals surface area contributed by atoms with Crippen molar-refractivity contribution < 1.29 is 0 Å². The van der Waals surface area contributed by atoms with E-state index in [0.29, 0.717) is 10.9 Å². The molecule has 0 aliphatic heterocycles. The molecule has 4 heteroatoms. The molecule has 0 aliphatic carbocycles. The smallest absolute Gasteiger partial charge is 0.129 e. The summed E-state index contributed by atoms with van der Waals surface area (Å²) in [6.07, 6.45) is 0. The molecule has 3 rings (SSSR count). The maximum atomic E-state index is 6.36. The fourth-order valence-electron chi connectivity index (χ4n) is 2.54. The maximum absolute atomic E-state index is 6.36. The van der Waals surface area contributed by atoms with Crippen molar-refractivity contribution in [3.8, 4) is 5.69 Å². The van der Waals surface area contributed by atoms with Gasteiger partial charge in [0.15, 0.2) is 0 Å². The Morgan fingerprint density at radius 2 is 1.95 bits per heavy atom. The van der Waals surface area contributed by atoms with Crippen LogP contribution in [0.25, 0.3) is 16.7 Å². The molecule has 1 heterocycles. The average molecular weight is 305 g/mol. The molecule has 0 saturated carbocycles. The molecular formula is C16H14Cl2N2. The third-order valence-electron chi connectivity index (χ3n) is 3.41. The van der Waals surface area contributed by atoms with E-state index in [-0.39, 0.29) is 0 Å². The Hall–Kier alpha value is -1.51. The van der Waals surface area contributed by atoms with Crippen molar-refractivity contribution in [2.24, 2.45) is 0 Å². The second-order valence-corrected chi connectivity index (χ2v) is 5.57. The molecule has 2 aromatic carbocycles. The number of benzene rings is 2. The van der Waals surface area contributed by atoms with Crippen molar-refractivity contribution in [1.82, 2.24) is 9.55 Å². The van der Waals surface area contributed by atoms with Crippen molar-refractivity contribution in [1.29, 1.82) is 0 Å². The Kier molecular flexibility index (Phi) is 3.45. The molecule has 0 fully saturated rings. The normalized spacial score (nSPS) is 11.2. The molecule has 3 aromatic rings. The van der Waals surface area contributed by atoms with Crippen LogP contribution in [0.2, 0.25) is 5.02 Å². The molecule has 0 amide bonds. The standard InChI is InChI=1S/C16H14Cl2N2/c1-10-6-7-14(11(2)8-10)20-15(9-17)19-13-5-3-4-12(18)16(13)20/h3-8H,9H2,1-2H3. The Morgan fingerprint density at radius 3 is 2.65 bits per heavy atom. The first kappa shape index (κ1) is 13.5. The lowest BCUT2D eigenvalue weighted by Crippen LogP contribution is -2.02. The summed E-state index contributed by atoms with van der Waals surface area (Å²) in [5.41, 5.74) is 5.26. The van der Waals surface area contributed by atoms with E-state index in [9.17, 15) is 0 Å². The monoisotopic (exact) mass is 304 g/mol. The van der Waals surface area contributed by atoms with Crippen LogP contribution >= 0.6 is 23.2 Å². The van der Waals surface area contributed by atoms with E-state index in [2.05, 4.69) is 41.6 Å². The highest BCUT2D eigenvalue weighted by atomic mass is 35.5. The molecule has 2 nitrogen and oxygen atoms in total. The van der Waals surface area contributed by atoms with Crippen LogP contribution in [0.15, 0.2) is 36.4 Å². The van der Waals surface area contributed by atoms with E-state index < -0.39 is 0 Å². The molecular weight excluding hydrogens is 291 g/mol. The second kappa shape index (κ2) is 5.12. The first-order valence-corrected chi connectivity index (χ1v) is 7.32. The van der Waals surface area contributed by atoms with Gasteiger partial charge in [-0.2, -0.15) is 0 Å². The lowest BCUT2D eigenvalue weighted by atomic mass is 10.1. The number of hydrogen-bond acceptors (Lipinski definition) is 1. The van der Waals surface area contributed by atoms with E-state index in [1.165, 1.54) is 11.1 Å². The molecule has 0 bridgehead atoms. The van der Waals surface area contributed by atoms with Gasteiger partial charge in [0.25, 0.3) is 0 Å². The SMILES string of the molecule is Cc1ccc(-n2c(CCl)nc3cccc(Cl)c32)c(C)c1. The Labute approximate surface area is 128 Å². The van der Waals surface area contributed by atoms with Gasteiger partial charge < -0.3 is 0 Å². The van der Waals surface area contributed by atoms with Crippen LogP contribution in [0.4, 0.5) is 0 Å². The summed E-state index contributed by atoms with van der Waals surface area (Å²) in [5, 5.41) is 0.686. The molecule has 0 atom stereocenters. The number of hydrogen-bond donors (Lipinski definition) is 0. The third-order valence-corrected chi connectivity index (χ3v) is 3.95. The van der Waals surface area contributed by atoms with Crippen LogP contribution in [-0.4, -0.2) is 9.55 Å². The predicted molar refractivity (Wildman–Crippen MR) is 85.1 cm³/mol. The summed E-state index contributed by atoms with van der Waals surface area (Å²) in [6, 6.07) is 12.1. The Bertz CT molecular complexity index is 791. The van der Waals surface area contributed by atoms with E-state index >= 15 is 0 Å². The van der Waals surface area contributed by atoms with Gasteiger partial charge in [-0.15, -0.1) is 11.6 Å². The molecule has 0 aliphatic rings. The predicted octanol–water partition coefficient (Wildman–Crippen LogP) is 5.03. The van der Waals surface area contributed by atoms with Gasteiger partial charge in [-0.3, -0.25) is 4.57 Å². The topological polar surface area (TPSA) is 17.8 Å². The number of halogens is 2. The number of para-hydroxylation sites is 1. The number of aryl methyl sites for hydroxylation is 2. The molecule has 0 saturated heterocycles. The molecule has 102 valence electrons. The molecule has 0 N–H and O–H groups in total. The van der Waals surface area contributed by atoms with Crippen molar-refractivity contribution in [2.75, 3.05) is 0 Å². The van der Waals surface area contributed by atoms with Gasteiger partial charge >= 0.3 is 0 Å². The minimum atomic E-state index is 0.346. The zero-order valence-electron chi connectivity index (χ0n) is 11.3. The van der Waals surface area contributed by atoms with Gasteiger partial charge in [-0.1, -0.05) is 35.4 Å². The van der Waals surface area contributed by atoms with E-state index in [0.717, 1.165) is 22.5 Å².